The van der Waals surface area contributed by atoms with Crippen LogP contribution < -0.4 is 10.2 Å². The van der Waals surface area contributed by atoms with Gasteiger partial charge in [-0.05, 0) is 31.2 Å². The summed E-state index contributed by atoms with van der Waals surface area (Å²) >= 11 is 0. The van der Waals surface area contributed by atoms with Crippen molar-refractivity contribution in [3.05, 3.63) is 63.7 Å². The zero-order valence-electron chi connectivity index (χ0n) is 15.8. The van der Waals surface area contributed by atoms with Crippen LogP contribution in [0.3, 0.4) is 0 Å². The number of nitrogens with one attached hydrogen (secondary N) is 1. The SMILES string of the molecule is CC(=O)N1CCN(c2ccccc2NC(=O)c2ccc([N+](=O)[O-])c(C)c2)CC1. The van der Waals surface area contributed by atoms with Crippen LogP contribution in [0.1, 0.15) is 22.8 Å². The van der Waals surface area contributed by atoms with E-state index in [9.17, 15) is 19.7 Å². The highest BCUT2D eigenvalue weighted by Gasteiger charge is 2.21. The Bertz CT molecular complexity index is 920. The van der Waals surface area contributed by atoms with Gasteiger partial charge in [0.2, 0.25) is 5.91 Å². The second-order valence-electron chi connectivity index (χ2n) is 6.72. The number of carbonyl (C=O) groups excluding carboxylic acids is 2. The van der Waals surface area contributed by atoms with Gasteiger partial charge in [-0.25, -0.2) is 0 Å². The number of hydrogen-bond acceptors (Lipinski definition) is 5. The summed E-state index contributed by atoms with van der Waals surface area (Å²) in [5, 5.41) is 13.9. The maximum absolute atomic E-state index is 12.7. The van der Waals surface area contributed by atoms with Gasteiger partial charge in [-0.3, -0.25) is 19.7 Å². The lowest BCUT2D eigenvalue weighted by Gasteiger charge is -2.36. The monoisotopic (exact) mass is 382 g/mol. The lowest BCUT2D eigenvalue weighted by atomic mass is 10.1. The highest BCUT2D eigenvalue weighted by atomic mass is 16.6. The fourth-order valence-electron chi connectivity index (χ4n) is 3.31. The van der Waals surface area contributed by atoms with Gasteiger partial charge < -0.3 is 15.1 Å². The van der Waals surface area contributed by atoms with Crippen LogP contribution in [0, 0.1) is 17.0 Å². The van der Waals surface area contributed by atoms with Crippen molar-refractivity contribution >= 4 is 28.9 Å². The van der Waals surface area contributed by atoms with Crippen LogP contribution in [0.15, 0.2) is 42.5 Å². The molecule has 0 unspecified atom stereocenters. The first-order valence-corrected chi connectivity index (χ1v) is 9.02. The molecular formula is C20H22N4O4. The minimum absolute atomic E-state index is 0.0136. The van der Waals surface area contributed by atoms with Crippen molar-refractivity contribution in [2.75, 3.05) is 36.4 Å². The Morgan fingerprint density at radius 2 is 1.75 bits per heavy atom. The number of aryl methyl sites for hydroxylation is 1. The molecule has 0 saturated carbocycles. The third kappa shape index (κ3) is 4.11. The molecule has 1 N–H and O–H groups in total. The molecule has 8 heteroatoms. The largest absolute Gasteiger partial charge is 0.366 e. The molecular weight excluding hydrogens is 360 g/mol. The molecule has 0 radical (unpaired) electrons. The molecule has 1 saturated heterocycles. The van der Waals surface area contributed by atoms with Gasteiger partial charge in [0.15, 0.2) is 0 Å². The smallest absolute Gasteiger partial charge is 0.272 e. The number of nitro groups is 1. The topological polar surface area (TPSA) is 95.8 Å². The molecule has 1 heterocycles. The third-order valence-electron chi connectivity index (χ3n) is 4.87. The van der Waals surface area contributed by atoms with Crippen LogP contribution in [0.4, 0.5) is 17.1 Å². The maximum Gasteiger partial charge on any atom is 0.272 e. The first-order chi connectivity index (χ1) is 13.4. The van der Waals surface area contributed by atoms with E-state index in [0.717, 1.165) is 5.69 Å². The van der Waals surface area contributed by atoms with Crippen molar-refractivity contribution in [2.45, 2.75) is 13.8 Å². The Morgan fingerprint density at radius 3 is 2.36 bits per heavy atom. The van der Waals surface area contributed by atoms with E-state index in [0.29, 0.717) is 43.0 Å². The van der Waals surface area contributed by atoms with Gasteiger partial charge in [0.1, 0.15) is 0 Å². The number of piperazine rings is 1. The normalized spacial score (nSPS) is 13.9. The molecule has 0 aliphatic carbocycles. The van der Waals surface area contributed by atoms with Crippen molar-refractivity contribution in [3.8, 4) is 0 Å². The fraction of sp³-hybridized carbons (Fsp3) is 0.300. The standard InChI is InChI=1S/C20H22N4O4/c1-14-13-16(7-8-18(14)24(27)28)20(26)21-17-5-3-4-6-19(17)23-11-9-22(10-12-23)15(2)25/h3-8,13H,9-12H2,1-2H3,(H,21,26). The van der Waals surface area contributed by atoms with Crippen LogP contribution in [-0.4, -0.2) is 47.8 Å². The highest BCUT2D eigenvalue weighted by molar-refractivity contribution is 6.06. The predicted molar refractivity (Wildman–Crippen MR) is 107 cm³/mol. The van der Waals surface area contributed by atoms with E-state index in [1.54, 1.807) is 18.7 Å². The van der Waals surface area contributed by atoms with Gasteiger partial charge in [-0.2, -0.15) is 0 Å². The number of nitrogens with zero attached hydrogens (tertiary/aromatic N) is 3. The van der Waals surface area contributed by atoms with E-state index in [4.69, 9.17) is 0 Å². The molecule has 0 bridgehead atoms. The fourth-order valence-corrected chi connectivity index (χ4v) is 3.31. The molecule has 0 spiro atoms. The molecule has 146 valence electrons. The maximum atomic E-state index is 12.7. The van der Waals surface area contributed by atoms with Crippen molar-refractivity contribution in [1.82, 2.24) is 4.90 Å². The molecule has 2 aromatic rings. The summed E-state index contributed by atoms with van der Waals surface area (Å²) in [6.45, 7) is 5.82. The van der Waals surface area contributed by atoms with Crippen LogP contribution in [0.2, 0.25) is 0 Å². The molecule has 28 heavy (non-hydrogen) atoms. The Labute approximate surface area is 162 Å². The molecule has 1 aliphatic heterocycles. The number of carbonyl (C=O) groups is 2. The zero-order valence-corrected chi connectivity index (χ0v) is 15.8. The number of hydrogen-bond donors (Lipinski definition) is 1. The summed E-state index contributed by atoms with van der Waals surface area (Å²) in [4.78, 5) is 38.6. The summed E-state index contributed by atoms with van der Waals surface area (Å²) < 4.78 is 0. The van der Waals surface area contributed by atoms with Gasteiger partial charge in [0.05, 0.1) is 16.3 Å². The highest BCUT2D eigenvalue weighted by Crippen LogP contribution is 2.27. The van der Waals surface area contributed by atoms with E-state index >= 15 is 0 Å². The first-order valence-electron chi connectivity index (χ1n) is 9.02. The molecule has 3 rings (SSSR count). The van der Waals surface area contributed by atoms with Gasteiger partial charge in [0.25, 0.3) is 11.6 Å². The van der Waals surface area contributed by atoms with E-state index in [2.05, 4.69) is 10.2 Å². The molecule has 2 amide bonds. The lowest BCUT2D eigenvalue weighted by Crippen LogP contribution is -2.48. The Morgan fingerprint density at radius 1 is 1.07 bits per heavy atom. The van der Waals surface area contributed by atoms with Gasteiger partial charge in [0, 0.05) is 50.3 Å². The van der Waals surface area contributed by atoms with Gasteiger partial charge in [-0.15, -0.1) is 0 Å². The zero-order chi connectivity index (χ0) is 20.3. The number of benzene rings is 2. The van der Waals surface area contributed by atoms with Crippen LogP contribution in [0.25, 0.3) is 0 Å². The number of para-hydroxylation sites is 2. The summed E-state index contributed by atoms with van der Waals surface area (Å²) in [6, 6.07) is 11.8. The number of nitro benzene ring substituents is 1. The summed E-state index contributed by atoms with van der Waals surface area (Å²) in [5.74, 6) is -0.261. The van der Waals surface area contributed by atoms with E-state index in [-0.39, 0.29) is 17.5 Å². The lowest BCUT2D eigenvalue weighted by molar-refractivity contribution is -0.385. The minimum Gasteiger partial charge on any atom is -0.366 e. The Hall–Kier alpha value is -3.42. The quantitative estimate of drug-likeness (QED) is 0.648. The Balaban J connectivity index is 1.77. The average Bonchev–Trinajstić information content (AvgIpc) is 2.68. The van der Waals surface area contributed by atoms with Crippen LogP contribution in [-0.2, 0) is 4.79 Å². The molecule has 8 nitrogen and oxygen atoms in total. The second kappa shape index (κ2) is 8.08. The number of amides is 2. The Kier molecular flexibility index (Phi) is 5.58. The van der Waals surface area contributed by atoms with Crippen molar-refractivity contribution in [2.24, 2.45) is 0 Å². The van der Waals surface area contributed by atoms with Crippen LogP contribution >= 0.6 is 0 Å². The van der Waals surface area contributed by atoms with Crippen LogP contribution in [0.5, 0.6) is 0 Å². The third-order valence-corrected chi connectivity index (χ3v) is 4.87. The molecule has 1 aliphatic rings. The average molecular weight is 382 g/mol. The molecule has 0 aromatic heterocycles. The summed E-state index contributed by atoms with van der Waals surface area (Å²) in [6.07, 6.45) is 0. The predicted octanol–water partition coefficient (Wildman–Crippen LogP) is 2.82. The van der Waals surface area contributed by atoms with Gasteiger partial charge >= 0.3 is 0 Å². The van der Waals surface area contributed by atoms with E-state index in [1.807, 2.05) is 24.3 Å². The second-order valence-corrected chi connectivity index (χ2v) is 6.72. The van der Waals surface area contributed by atoms with Gasteiger partial charge in [-0.1, -0.05) is 12.1 Å². The number of anilines is 2. The summed E-state index contributed by atoms with van der Waals surface area (Å²) in [7, 11) is 0. The number of rotatable bonds is 4. The summed E-state index contributed by atoms with van der Waals surface area (Å²) in [5.41, 5.74) is 2.34. The van der Waals surface area contributed by atoms with Crippen molar-refractivity contribution < 1.29 is 14.5 Å². The molecule has 2 aromatic carbocycles. The van der Waals surface area contributed by atoms with Crippen molar-refractivity contribution in [1.29, 1.82) is 0 Å². The van der Waals surface area contributed by atoms with E-state index in [1.165, 1.54) is 18.2 Å². The molecule has 0 atom stereocenters. The van der Waals surface area contributed by atoms with E-state index < -0.39 is 4.92 Å². The molecule has 1 fully saturated rings. The van der Waals surface area contributed by atoms with Crippen molar-refractivity contribution in [3.63, 3.8) is 0 Å². The first kappa shape index (κ1) is 19.3. The minimum atomic E-state index is -0.465.